The molecule has 0 unspecified atom stereocenters. The molecule has 2 aromatic carbocycles. The second-order valence-corrected chi connectivity index (χ2v) is 6.40. The number of aromatic amines is 1. The third kappa shape index (κ3) is 2.28. The molecule has 7 heteroatoms. The molecule has 0 atom stereocenters. The van der Waals surface area contributed by atoms with Crippen molar-refractivity contribution in [2.45, 2.75) is 6.92 Å². The van der Waals surface area contributed by atoms with E-state index in [2.05, 4.69) is 15.7 Å². The van der Waals surface area contributed by atoms with Gasteiger partial charge in [0.05, 0.1) is 16.7 Å². The fraction of sp³-hybridized carbons (Fsp3) is 0.118. The van der Waals surface area contributed by atoms with Gasteiger partial charge in [-0.3, -0.25) is 0 Å². The van der Waals surface area contributed by atoms with Crippen molar-refractivity contribution in [1.82, 2.24) is 14.6 Å². The number of halogens is 2. The average molecular weight is 360 g/mol. The Hall–Kier alpha value is -2.37. The van der Waals surface area contributed by atoms with Crippen molar-refractivity contribution in [2.24, 2.45) is 0 Å². The number of H-pyrrole nitrogens is 1. The lowest BCUT2D eigenvalue weighted by Crippen LogP contribution is -2.11. The predicted molar refractivity (Wildman–Crippen MR) is 101 cm³/mol. The molecule has 0 aliphatic heterocycles. The first-order chi connectivity index (χ1) is 11.6. The Kier molecular flexibility index (Phi) is 3.55. The van der Waals surface area contributed by atoms with Crippen LogP contribution in [0.15, 0.2) is 36.5 Å². The van der Waals surface area contributed by atoms with Crippen LogP contribution in [0.5, 0.6) is 0 Å². The number of nitrogens with one attached hydrogen (secondary N) is 3. The predicted octanol–water partition coefficient (Wildman–Crippen LogP) is 5.05. The summed E-state index contributed by atoms with van der Waals surface area (Å²) >= 11 is 12.3. The summed E-state index contributed by atoms with van der Waals surface area (Å²) in [7, 11) is 1.85. The van der Waals surface area contributed by atoms with Crippen molar-refractivity contribution in [3.63, 3.8) is 0 Å². The van der Waals surface area contributed by atoms with E-state index in [1.165, 1.54) is 0 Å². The Balaban J connectivity index is 1.87. The van der Waals surface area contributed by atoms with Crippen molar-refractivity contribution < 1.29 is 0 Å². The van der Waals surface area contributed by atoms with E-state index in [9.17, 15) is 0 Å². The molecule has 122 valence electrons. The van der Waals surface area contributed by atoms with Crippen LogP contribution in [0.25, 0.3) is 21.9 Å². The molecule has 4 aromatic rings. The number of hydrogen-bond acceptors (Lipinski definition) is 3. The van der Waals surface area contributed by atoms with Crippen LogP contribution in [0.1, 0.15) is 5.56 Å². The number of fused-ring (bicyclic) bond motifs is 2. The lowest BCUT2D eigenvalue weighted by molar-refractivity contribution is 0.966. The molecule has 0 aliphatic carbocycles. The number of anilines is 2. The van der Waals surface area contributed by atoms with Gasteiger partial charge >= 0.3 is 0 Å². The van der Waals surface area contributed by atoms with E-state index in [1.54, 1.807) is 0 Å². The first kappa shape index (κ1) is 15.2. The van der Waals surface area contributed by atoms with Gasteiger partial charge in [0, 0.05) is 34.2 Å². The number of imidazole rings is 1. The number of benzene rings is 2. The molecule has 24 heavy (non-hydrogen) atoms. The van der Waals surface area contributed by atoms with E-state index in [-0.39, 0.29) is 0 Å². The zero-order chi connectivity index (χ0) is 16.8. The normalized spacial score (nSPS) is 11.3. The highest BCUT2D eigenvalue weighted by atomic mass is 35.5. The molecule has 0 aliphatic rings. The molecule has 0 saturated carbocycles. The van der Waals surface area contributed by atoms with E-state index < -0.39 is 0 Å². The van der Waals surface area contributed by atoms with Gasteiger partial charge in [0.1, 0.15) is 0 Å². The topological polar surface area (TPSA) is 57.7 Å². The van der Waals surface area contributed by atoms with Crippen LogP contribution in [-0.4, -0.2) is 21.7 Å². The first-order valence-electron chi connectivity index (χ1n) is 7.47. The summed E-state index contributed by atoms with van der Waals surface area (Å²) in [5, 5.41) is 5.76. The molecule has 5 nitrogen and oxygen atoms in total. The highest BCUT2D eigenvalue weighted by Gasteiger charge is 2.15. The van der Waals surface area contributed by atoms with Gasteiger partial charge in [-0.25, -0.2) is 9.66 Å². The summed E-state index contributed by atoms with van der Waals surface area (Å²) in [6.45, 7) is 1.97. The van der Waals surface area contributed by atoms with E-state index >= 15 is 0 Å². The van der Waals surface area contributed by atoms with E-state index in [0.29, 0.717) is 16.0 Å². The summed E-state index contributed by atoms with van der Waals surface area (Å²) in [5.74, 6) is 0.679. The molecule has 0 spiro atoms. The number of aromatic nitrogens is 3. The SMILES string of the molecule is CNn1c(Nc2c[nH]c3ccc(Cl)cc23)nc2c(C)c(Cl)ccc21. The summed E-state index contributed by atoms with van der Waals surface area (Å²) in [6.07, 6.45) is 1.90. The largest absolute Gasteiger partial charge is 0.359 e. The number of rotatable bonds is 3. The zero-order valence-electron chi connectivity index (χ0n) is 13.1. The van der Waals surface area contributed by atoms with Crippen LogP contribution < -0.4 is 10.7 Å². The minimum absolute atomic E-state index is 0.679. The number of hydrogen-bond donors (Lipinski definition) is 3. The van der Waals surface area contributed by atoms with Crippen LogP contribution >= 0.6 is 23.2 Å². The van der Waals surface area contributed by atoms with Crippen molar-refractivity contribution in [2.75, 3.05) is 17.8 Å². The van der Waals surface area contributed by atoms with Gasteiger partial charge in [-0.2, -0.15) is 0 Å². The van der Waals surface area contributed by atoms with Gasteiger partial charge < -0.3 is 15.7 Å². The molecular weight excluding hydrogens is 345 g/mol. The Morgan fingerprint density at radius 1 is 1.17 bits per heavy atom. The Morgan fingerprint density at radius 3 is 2.79 bits per heavy atom. The zero-order valence-corrected chi connectivity index (χ0v) is 14.6. The molecule has 0 radical (unpaired) electrons. The molecular formula is C17H15Cl2N5. The molecule has 0 bridgehead atoms. The van der Waals surface area contributed by atoms with Crippen LogP contribution in [0.2, 0.25) is 10.0 Å². The quantitative estimate of drug-likeness (QED) is 0.479. The Morgan fingerprint density at radius 2 is 2.00 bits per heavy atom. The first-order valence-corrected chi connectivity index (χ1v) is 8.23. The highest BCUT2D eigenvalue weighted by Crippen LogP contribution is 2.31. The molecule has 2 heterocycles. The van der Waals surface area contributed by atoms with E-state index in [1.807, 2.05) is 55.2 Å². The van der Waals surface area contributed by atoms with Gasteiger partial charge in [-0.15, -0.1) is 0 Å². The van der Waals surface area contributed by atoms with Gasteiger partial charge in [0.2, 0.25) is 5.95 Å². The minimum Gasteiger partial charge on any atom is -0.359 e. The minimum atomic E-state index is 0.679. The lowest BCUT2D eigenvalue weighted by Gasteiger charge is -2.09. The molecule has 0 amide bonds. The maximum absolute atomic E-state index is 6.22. The molecule has 0 fully saturated rings. The van der Waals surface area contributed by atoms with Crippen molar-refractivity contribution in [3.8, 4) is 0 Å². The van der Waals surface area contributed by atoms with Crippen LogP contribution in [0.4, 0.5) is 11.6 Å². The summed E-state index contributed by atoms with van der Waals surface area (Å²) in [6, 6.07) is 9.56. The summed E-state index contributed by atoms with van der Waals surface area (Å²) < 4.78 is 1.89. The van der Waals surface area contributed by atoms with Crippen molar-refractivity contribution in [3.05, 3.63) is 52.1 Å². The fourth-order valence-corrected chi connectivity index (χ4v) is 3.20. The van der Waals surface area contributed by atoms with E-state index in [4.69, 9.17) is 28.2 Å². The van der Waals surface area contributed by atoms with Crippen LogP contribution in [0, 0.1) is 6.92 Å². The number of nitrogens with zero attached hydrogens (tertiary/aromatic N) is 2. The number of aryl methyl sites for hydroxylation is 1. The van der Waals surface area contributed by atoms with Gasteiger partial charge in [0.15, 0.2) is 0 Å². The van der Waals surface area contributed by atoms with Gasteiger partial charge in [-0.1, -0.05) is 23.2 Å². The van der Waals surface area contributed by atoms with E-state index in [0.717, 1.165) is 33.2 Å². The molecule has 3 N–H and O–H groups in total. The summed E-state index contributed by atoms with van der Waals surface area (Å²) in [5.41, 5.74) is 7.83. The lowest BCUT2D eigenvalue weighted by atomic mass is 10.2. The van der Waals surface area contributed by atoms with Crippen molar-refractivity contribution in [1.29, 1.82) is 0 Å². The van der Waals surface area contributed by atoms with Gasteiger partial charge in [-0.05, 0) is 42.8 Å². The third-order valence-corrected chi connectivity index (χ3v) is 4.77. The monoisotopic (exact) mass is 359 g/mol. The van der Waals surface area contributed by atoms with Crippen LogP contribution in [-0.2, 0) is 0 Å². The molecule has 2 aromatic heterocycles. The highest BCUT2D eigenvalue weighted by molar-refractivity contribution is 6.32. The fourth-order valence-electron chi connectivity index (χ4n) is 2.88. The smallest absolute Gasteiger partial charge is 0.227 e. The maximum atomic E-state index is 6.22. The van der Waals surface area contributed by atoms with Crippen LogP contribution in [0.3, 0.4) is 0 Å². The Bertz CT molecular complexity index is 1060. The average Bonchev–Trinajstić information content (AvgIpc) is 3.13. The Labute approximate surface area is 148 Å². The second-order valence-electron chi connectivity index (χ2n) is 5.55. The van der Waals surface area contributed by atoms with Gasteiger partial charge in [0.25, 0.3) is 0 Å². The summed E-state index contributed by atoms with van der Waals surface area (Å²) in [4.78, 5) is 7.93. The maximum Gasteiger partial charge on any atom is 0.227 e. The molecule has 4 rings (SSSR count). The molecule has 0 saturated heterocycles. The third-order valence-electron chi connectivity index (χ3n) is 4.13. The standard InChI is InChI=1S/C17H15Cl2N5/c1-9-12(19)4-6-15-16(9)23-17(24(15)20-2)22-14-8-21-13-5-3-10(18)7-11(13)14/h3-8,20-21H,1-2H3,(H,22,23). The second kappa shape index (κ2) is 5.61. The van der Waals surface area contributed by atoms with Crippen molar-refractivity contribution >= 4 is 56.8 Å².